The van der Waals surface area contributed by atoms with Crippen LogP contribution in [0.3, 0.4) is 0 Å². The molecule has 0 spiro atoms. The Labute approximate surface area is 169 Å². The van der Waals surface area contributed by atoms with E-state index < -0.39 is 11.9 Å². The summed E-state index contributed by atoms with van der Waals surface area (Å²) in [5.41, 5.74) is 13.3. The second-order valence-electron chi connectivity index (χ2n) is 6.73. The fourth-order valence-electron chi connectivity index (χ4n) is 3.56. The Bertz CT molecular complexity index is 1370. The molecule has 8 heteroatoms. The van der Waals surface area contributed by atoms with Gasteiger partial charge in [0, 0.05) is 34.8 Å². The minimum atomic E-state index is -1.29. The number of hydrogen-bond acceptors (Lipinski definition) is 6. The number of fused-ring (bicyclic) bond motifs is 2. The number of nitrogen functional groups attached to an aromatic ring is 1. The second-order valence-corrected chi connectivity index (χ2v) is 6.73. The standard InChI is InChI=1S/C22H16N2O6/c23-9-16-17(25)6-5-14-19(13-4-2-11(24)8-18(13)30-20(14)16)12-3-1-10(21(26)27)7-15(12)22(28)29/h1-8H,9,23-24H2,(H,26,27)(H,28,29). The van der Waals surface area contributed by atoms with Gasteiger partial charge in [-0.25, -0.2) is 9.59 Å². The first kappa shape index (κ1) is 19.2. The van der Waals surface area contributed by atoms with Crippen LogP contribution >= 0.6 is 0 Å². The molecule has 150 valence electrons. The molecule has 30 heavy (non-hydrogen) atoms. The molecular weight excluding hydrogens is 388 g/mol. The zero-order valence-electron chi connectivity index (χ0n) is 15.5. The molecule has 2 aliphatic rings. The highest BCUT2D eigenvalue weighted by Gasteiger charge is 2.25. The molecule has 8 nitrogen and oxygen atoms in total. The number of benzene rings is 3. The van der Waals surface area contributed by atoms with Gasteiger partial charge in [-0.15, -0.1) is 0 Å². The van der Waals surface area contributed by atoms with E-state index >= 15 is 0 Å². The van der Waals surface area contributed by atoms with Crippen molar-refractivity contribution >= 4 is 28.6 Å². The molecule has 1 heterocycles. The Morgan fingerprint density at radius 2 is 1.67 bits per heavy atom. The molecule has 1 aliphatic carbocycles. The number of anilines is 1. The summed E-state index contributed by atoms with van der Waals surface area (Å²) in [6.45, 7) is -0.0727. The van der Waals surface area contributed by atoms with Crippen LogP contribution in [0.5, 0.6) is 0 Å². The van der Waals surface area contributed by atoms with E-state index in [1.807, 2.05) is 0 Å². The predicted octanol–water partition coefficient (Wildman–Crippen LogP) is 3.00. The maximum Gasteiger partial charge on any atom is 0.336 e. The van der Waals surface area contributed by atoms with E-state index in [9.17, 15) is 24.6 Å². The summed E-state index contributed by atoms with van der Waals surface area (Å²) in [7, 11) is 0. The Kier molecular flexibility index (Phi) is 4.48. The van der Waals surface area contributed by atoms with Crippen molar-refractivity contribution in [3.8, 4) is 22.5 Å². The van der Waals surface area contributed by atoms with Crippen LogP contribution in [-0.2, 0) is 6.54 Å². The quantitative estimate of drug-likeness (QED) is 0.299. The highest BCUT2D eigenvalue weighted by molar-refractivity contribution is 6.09. The number of carbonyl (C=O) groups is 2. The van der Waals surface area contributed by atoms with E-state index in [0.717, 1.165) is 6.07 Å². The van der Waals surface area contributed by atoms with Crippen LogP contribution in [0.4, 0.5) is 5.69 Å². The molecule has 0 atom stereocenters. The van der Waals surface area contributed by atoms with Crippen LogP contribution in [0.1, 0.15) is 26.3 Å². The maximum absolute atomic E-state index is 12.3. The van der Waals surface area contributed by atoms with Gasteiger partial charge in [-0.05, 0) is 42.0 Å². The molecule has 0 bridgehead atoms. The minimum Gasteiger partial charge on any atom is -0.478 e. The van der Waals surface area contributed by atoms with Gasteiger partial charge in [0.05, 0.1) is 16.7 Å². The van der Waals surface area contributed by atoms with Crippen LogP contribution in [-0.4, -0.2) is 22.2 Å². The van der Waals surface area contributed by atoms with Crippen LogP contribution in [0, 0.1) is 0 Å². The summed E-state index contributed by atoms with van der Waals surface area (Å²) in [6, 6.07) is 11.7. The highest BCUT2D eigenvalue weighted by atomic mass is 16.4. The summed E-state index contributed by atoms with van der Waals surface area (Å²) in [4.78, 5) is 35.6. The molecule has 0 saturated heterocycles. The zero-order chi connectivity index (χ0) is 21.6. The Morgan fingerprint density at radius 1 is 0.933 bits per heavy atom. The van der Waals surface area contributed by atoms with Gasteiger partial charge in [0.25, 0.3) is 0 Å². The van der Waals surface area contributed by atoms with E-state index in [4.69, 9.17) is 15.9 Å². The summed E-state index contributed by atoms with van der Waals surface area (Å²) in [5, 5.41) is 19.6. The van der Waals surface area contributed by atoms with Gasteiger partial charge >= 0.3 is 11.9 Å². The number of aromatic carboxylic acids is 2. The van der Waals surface area contributed by atoms with E-state index in [2.05, 4.69) is 0 Å². The predicted molar refractivity (Wildman–Crippen MR) is 111 cm³/mol. The van der Waals surface area contributed by atoms with Crippen molar-refractivity contribution in [3.05, 3.63) is 75.4 Å². The third-order valence-corrected chi connectivity index (χ3v) is 4.94. The zero-order valence-corrected chi connectivity index (χ0v) is 15.5. The fourth-order valence-corrected chi connectivity index (χ4v) is 3.56. The summed E-state index contributed by atoms with van der Waals surface area (Å²) < 4.78 is 5.95. The molecule has 0 saturated carbocycles. The van der Waals surface area contributed by atoms with Crippen molar-refractivity contribution in [2.24, 2.45) is 5.73 Å². The van der Waals surface area contributed by atoms with Gasteiger partial charge in [0.1, 0.15) is 11.3 Å². The van der Waals surface area contributed by atoms with Gasteiger partial charge in [-0.3, -0.25) is 4.79 Å². The third kappa shape index (κ3) is 2.96. The monoisotopic (exact) mass is 404 g/mol. The van der Waals surface area contributed by atoms with Crippen molar-refractivity contribution in [3.63, 3.8) is 0 Å². The average molecular weight is 404 g/mol. The first-order chi connectivity index (χ1) is 14.3. The number of carboxylic acids is 2. The van der Waals surface area contributed by atoms with E-state index in [1.54, 1.807) is 24.3 Å². The molecule has 4 rings (SSSR count). The molecule has 6 N–H and O–H groups in total. The Hall–Kier alpha value is -4.17. The summed E-state index contributed by atoms with van der Waals surface area (Å²) in [6.07, 6.45) is 0. The van der Waals surface area contributed by atoms with E-state index in [0.29, 0.717) is 27.8 Å². The lowest BCUT2D eigenvalue weighted by atomic mass is 9.88. The SMILES string of the molecule is NCc1c2oc3cc(N)ccc3c(-c3ccc(C(=O)O)cc3C(=O)O)c-2ccc1=O. The minimum absolute atomic E-state index is 0.0727. The van der Waals surface area contributed by atoms with Crippen molar-refractivity contribution < 1.29 is 24.2 Å². The lowest BCUT2D eigenvalue weighted by molar-refractivity contribution is 0.0696. The van der Waals surface area contributed by atoms with Crippen LogP contribution in [0.2, 0.25) is 0 Å². The van der Waals surface area contributed by atoms with Gasteiger partial charge in [0.15, 0.2) is 5.43 Å². The third-order valence-electron chi connectivity index (χ3n) is 4.94. The van der Waals surface area contributed by atoms with Crippen LogP contribution < -0.4 is 16.9 Å². The number of carboxylic acid groups (broad SMARTS) is 2. The molecule has 2 aromatic carbocycles. The number of rotatable bonds is 4. The molecule has 0 radical (unpaired) electrons. The van der Waals surface area contributed by atoms with Gasteiger partial charge in [-0.2, -0.15) is 0 Å². The molecular formula is C22H16N2O6. The van der Waals surface area contributed by atoms with Crippen molar-refractivity contribution in [2.75, 3.05) is 5.73 Å². The van der Waals surface area contributed by atoms with Gasteiger partial charge in [-0.1, -0.05) is 6.07 Å². The molecule has 0 fully saturated rings. The summed E-state index contributed by atoms with van der Waals surface area (Å²) >= 11 is 0. The lowest BCUT2D eigenvalue weighted by Crippen LogP contribution is -2.15. The highest BCUT2D eigenvalue weighted by Crippen LogP contribution is 2.42. The van der Waals surface area contributed by atoms with Gasteiger partial charge in [0.2, 0.25) is 0 Å². The van der Waals surface area contributed by atoms with Crippen LogP contribution in [0.25, 0.3) is 33.4 Å². The molecule has 0 aromatic heterocycles. The lowest BCUT2D eigenvalue weighted by Gasteiger charge is -2.18. The first-order valence-corrected chi connectivity index (χ1v) is 8.91. The van der Waals surface area contributed by atoms with Crippen molar-refractivity contribution in [1.82, 2.24) is 0 Å². The first-order valence-electron chi connectivity index (χ1n) is 8.91. The topological polar surface area (TPSA) is 157 Å². The molecule has 0 unspecified atom stereocenters. The van der Waals surface area contributed by atoms with E-state index in [1.165, 1.54) is 18.2 Å². The fraction of sp³-hybridized carbons (Fsp3) is 0.0455. The molecule has 2 aromatic rings. The molecule has 0 amide bonds. The number of hydrogen-bond donors (Lipinski definition) is 4. The summed E-state index contributed by atoms with van der Waals surface area (Å²) in [5.74, 6) is -2.29. The van der Waals surface area contributed by atoms with Crippen LogP contribution in [0.15, 0.2) is 57.7 Å². The second kappa shape index (κ2) is 7.02. The van der Waals surface area contributed by atoms with Gasteiger partial charge < -0.3 is 26.1 Å². The van der Waals surface area contributed by atoms with Crippen molar-refractivity contribution in [1.29, 1.82) is 0 Å². The maximum atomic E-state index is 12.3. The molecule has 1 aliphatic heterocycles. The smallest absolute Gasteiger partial charge is 0.336 e. The number of nitrogens with two attached hydrogens (primary N) is 2. The largest absolute Gasteiger partial charge is 0.478 e. The van der Waals surface area contributed by atoms with E-state index in [-0.39, 0.29) is 40.0 Å². The average Bonchev–Trinajstić information content (AvgIpc) is 2.71. The van der Waals surface area contributed by atoms with Crippen molar-refractivity contribution in [2.45, 2.75) is 6.54 Å². The normalized spacial score (nSPS) is 11.1. The Balaban J connectivity index is 2.20. The Morgan fingerprint density at radius 3 is 2.33 bits per heavy atom.